The van der Waals surface area contributed by atoms with Gasteiger partial charge in [-0.05, 0) is 56.0 Å². The maximum atomic E-state index is 12.9. The van der Waals surface area contributed by atoms with E-state index in [-0.39, 0.29) is 18.1 Å². The highest BCUT2D eigenvalue weighted by Crippen LogP contribution is 2.26. The molecule has 0 aromatic heterocycles. The van der Waals surface area contributed by atoms with Crippen molar-refractivity contribution in [3.63, 3.8) is 0 Å². The summed E-state index contributed by atoms with van der Waals surface area (Å²) >= 11 is 0. The highest BCUT2D eigenvalue weighted by Gasteiger charge is 2.38. The molecule has 7 heteroatoms. The predicted molar refractivity (Wildman–Crippen MR) is 106 cm³/mol. The second-order valence-electron chi connectivity index (χ2n) is 6.77. The summed E-state index contributed by atoms with van der Waals surface area (Å²) in [4.78, 5) is 12.8. The lowest BCUT2D eigenvalue weighted by Crippen LogP contribution is -2.48. The van der Waals surface area contributed by atoms with E-state index in [0.717, 1.165) is 18.4 Å². The number of benzene rings is 2. The zero-order valence-corrected chi connectivity index (χ0v) is 16.7. The van der Waals surface area contributed by atoms with Crippen LogP contribution in [0.25, 0.3) is 0 Å². The van der Waals surface area contributed by atoms with Gasteiger partial charge >= 0.3 is 5.97 Å². The van der Waals surface area contributed by atoms with Crippen molar-refractivity contribution in [3.8, 4) is 5.75 Å². The zero-order chi connectivity index (χ0) is 20.0. The third-order valence-electron chi connectivity index (χ3n) is 4.66. The van der Waals surface area contributed by atoms with Gasteiger partial charge in [-0.1, -0.05) is 30.3 Å². The molecule has 1 saturated heterocycles. The van der Waals surface area contributed by atoms with Gasteiger partial charge in [0.2, 0.25) is 10.0 Å². The fourth-order valence-corrected chi connectivity index (χ4v) is 4.93. The summed E-state index contributed by atoms with van der Waals surface area (Å²) in [6.07, 6.45) is 1.98. The van der Waals surface area contributed by atoms with Gasteiger partial charge in [0, 0.05) is 6.54 Å². The number of sulfonamides is 1. The van der Waals surface area contributed by atoms with Crippen LogP contribution in [0.15, 0.2) is 59.5 Å². The Morgan fingerprint density at radius 3 is 2.61 bits per heavy atom. The molecular weight excluding hydrogens is 378 g/mol. The summed E-state index contributed by atoms with van der Waals surface area (Å²) in [6, 6.07) is 15.0. The lowest BCUT2D eigenvalue weighted by Gasteiger charge is -2.33. The Balaban J connectivity index is 1.59. The van der Waals surface area contributed by atoms with E-state index in [2.05, 4.69) is 0 Å². The molecular formula is C21H25NO5S. The molecule has 0 aliphatic carbocycles. The van der Waals surface area contributed by atoms with Crippen molar-refractivity contribution in [3.05, 3.63) is 60.2 Å². The Kier molecular flexibility index (Phi) is 6.70. The first-order valence-electron chi connectivity index (χ1n) is 9.41. The summed E-state index contributed by atoms with van der Waals surface area (Å²) in [5, 5.41) is 0. The molecule has 3 rings (SSSR count). The highest BCUT2D eigenvalue weighted by atomic mass is 32.2. The maximum Gasteiger partial charge on any atom is 0.324 e. The van der Waals surface area contributed by atoms with Gasteiger partial charge < -0.3 is 9.47 Å². The van der Waals surface area contributed by atoms with E-state index in [1.165, 1.54) is 4.31 Å². The van der Waals surface area contributed by atoms with E-state index < -0.39 is 22.0 Å². The van der Waals surface area contributed by atoms with Gasteiger partial charge in [0.05, 0.1) is 4.90 Å². The van der Waals surface area contributed by atoms with Crippen LogP contribution >= 0.6 is 0 Å². The van der Waals surface area contributed by atoms with Crippen LogP contribution in [-0.4, -0.2) is 44.5 Å². The van der Waals surface area contributed by atoms with Gasteiger partial charge in [0.1, 0.15) is 25.0 Å². The molecule has 1 heterocycles. The topological polar surface area (TPSA) is 72.9 Å². The summed E-state index contributed by atoms with van der Waals surface area (Å²) < 4.78 is 38.1. The van der Waals surface area contributed by atoms with Crippen LogP contribution in [0, 0.1) is 6.92 Å². The number of hydrogen-bond acceptors (Lipinski definition) is 5. The van der Waals surface area contributed by atoms with Crippen molar-refractivity contribution in [1.29, 1.82) is 0 Å². The van der Waals surface area contributed by atoms with E-state index in [0.29, 0.717) is 18.7 Å². The molecule has 0 radical (unpaired) electrons. The Bertz CT molecular complexity index is 898. The molecule has 1 unspecified atom stereocenters. The van der Waals surface area contributed by atoms with Crippen molar-refractivity contribution < 1.29 is 22.7 Å². The number of piperidine rings is 1. The van der Waals surface area contributed by atoms with Crippen molar-refractivity contribution in [2.75, 3.05) is 19.8 Å². The number of carbonyl (C=O) groups is 1. The fraction of sp³-hybridized carbons (Fsp3) is 0.381. The van der Waals surface area contributed by atoms with Gasteiger partial charge in [0.15, 0.2) is 0 Å². The minimum atomic E-state index is -3.73. The van der Waals surface area contributed by atoms with E-state index in [4.69, 9.17) is 9.47 Å². The summed E-state index contributed by atoms with van der Waals surface area (Å²) in [7, 11) is -3.73. The first-order chi connectivity index (χ1) is 13.5. The third-order valence-corrected chi connectivity index (χ3v) is 6.58. The standard InChI is InChI=1S/C21H25NO5S/c1-17-8-7-9-18(16-17)26-14-15-27-21(23)20-12-5-6-13-22(20)28(24,25)19-10-3-2-4-11-19/h2-4,7-11,16,20H,5-6,12-15H2,1H3. The minimum absolute atomic E-state index is 0.0719. The van der Waals surface area contributed by atoms with Crippen molar-refractivity contribution >= 4 is 16.0 Å². The molecule has 0 bridgehead atoms. The van der Waals surface area contributed by atoms with E-state index in [1.54, 1.807) is 30.3 Å². The molecule has 0 amide bonds. The number of esters is 1. The van der Waals surface area contributed by atoms with Crippen LogP contribution in [-0.2, 0) is 19.6 Å². The first-order valence-corrected chi connectivity index (χ1v) is 10.9. The average molecular weight is 404 g/mol. The Labute approximate surface area is 166 Å². The van der Waals surface area contributed by atoms with Crippen molar-refractivity contribution in [1.82, 2.24) is 4.31 Å². The first kappa shape index (κ1) is 20.4. The molecule has 0 spiro atoms. The molecule has 1 atom stereocenters. The van der Waals surface area contributed by atoms with Gasteiger partial charge in [-0.15, -0.1) is 0 Å². The van der Waals surface area contributed by atoms with E-state index in [9.17, 15) is 13.2 Å². The smallest absolute Gasteiger partial charge is 0.324 e. The molecule has 1 aliphatic rings. The SMILES string of the molecule is Cc1cccc(OCCOC(=O)C2CCCCN2S(=O)(=O)c2ccccc2)c1. The monoisotopic (exact) mass is 403 g/mol. The Morgan fingerprint density at radius 1 is 1.07 bits per heavy atom. The quantitative estimate of drug-likeness (QED) is 0.524. The van der Waals surface area contributed by atoms with Crippen LogP contribution in [0.1, 0.15) is 24.8 Å². The number of carbonyl (C=O) groups excluding carboxylic acids is 1. The second kappa shape index (κ2) is 9.21. The summed E-state index contributed by atoms with van der Waals surface area (Å²) in [5.41, 5.74) is 1.08. The van der Waals surface area contributed by atoms with Crippen LogP contribution in [0.3, 0.4) is 0 Å². The Morgan fingerprint density at radius 2 is 1.86 bits per heavy atom. The lowest BCUT2D eigenvalue weighted by molar-refractivity contribution is -0.149. The predicted octanol–water partition coefficient (Wildman–Crippen LogP) is 3.16. The van der Waals surface area contributed by atoms with Crippen LogP contribution in [0.2, 0.25) is 0 Å². The molecule has 28 heavy (non-hydrogen) atoms. The highest BCUT2D eigenvalue weighted by molar-refractivity contribution is 7.89. The number of nitrogens with zero attached hydrogens (tertiary/aromatic N) is 1. The molecule has 0 N–H and O–H groups in total. The molecule has 1 aliphatic heterocycles. The number of rotatable bonds is 7. The van der Waals surface area contributed by atoms with E-state index in [1.807, 2.05) is 31.2 Å². The normalized spacial score (nSPS) is 17.8. The number of hydrogen-bond donors (Lipinski definition) is 0. The summed E-state index contributed by atoms with van der Waals surface area (Å²) in [5.74, 6) is 0.189. The van der Waals surface area contributed by atoms with Gasteiger partial charge in [-0.3, -0.25) is 4.79 Å². The van der Waals surface area contributed by atoms with Gasteiger partial charge in [-0.25, -0.2) is 8.42 Å². The average Bonchev–Trinajstić information content (AvgIpc) is 2.72. The van der Waals surface area contributed by atoms with E-state index >= 15 is 0 Å². The largest absolute Gasteiger partial charge is 0.490 e. The lowest BCUT2D eigenvalue weighted by atomic mass is 10.1. The van der Waals surface area contributed by atoms with Crippen molar-refractivity contribution in [2.24, 2.45) is 0 Å². The van der Waals surface area contributed by atoms with Gasteiger partial charge in [-0.2, -0.15) is 4.31 Å². The maximum absolute atomic E-state index is 12.9. The zero-order valence-electron chi connectivity index (χ0n) is 15.9. The van der Waals surface area contributed by atoms with Crippen LogP contribution < -0.4 is 4.74 Å². The molecule has 2 aromatic carbocycles. The fourth-order valence-electron chi connectivity index (χ4n) is 3.26. The minimum Gasteiger partial charge on any atom is -0.490 e. The number of ether oxygens (including phenoxy) is 2. The van der Waals surface area contributed by atoms with Crippen LogP contribution in [0.4, 0.5) is 0 Å². The van der Waals surface area contributed by atoms with Crippen molar-refractivity contribution in [2.45, 2.75) is 37.1 Å². The molecule has 6 nitrogen and oxygen atoms in total. The molecule has 0 saturated carbocycles. The van der Waals surface area contributed by atoms with Crippen LogP contribution in [0.5, 0.6) is 5.75 Å². The summed E-state index contributed by atoms with van der Waals surface area (Å²) in [6.45, 7) is 2.57. The van der Waals surface area contributed by atoms with Gasteiger partial charge in [0.25, 0.3) is 0 Å². The molecule has 2 aromatic rings. The third kappa shape index (κ3) is 4.91. The molecule has 150 valence electrons. The molecule has 1 fully saturated rings. The Hall–Kier alpha value is -2.38. The second-order valence-corrected chi connectivity index (χ2v) is 8.66. The number of aryl methyl sites for hydroxylation is 1.